The van der Waals surface area contributed by atoms with E-state index in [1.807, 2.05) is 7.05 Å². The maximum atomic E-state index is 5.77. The minimum atomic E-state index is -0.0669. The van der Waals surface area contributed by atoms with E-state index in [9.17, 15) is 0 Å². The number of fused-ring (bicyclic) bond motifs is 1. The topological polar surface area (TPSA) is 59.1 Å². The van der Waals surface area contributed by atoms with Crippen LogP contribution >= 0.6 is 11.3 Å². The molecule has 1 fully saturated rings. The minimum Gasteiger partial charge on any atom is -0.375 e. The molecule has 1 saturated heterocycles. The van der Waals surface area contributed by atoms with Crippen LogP contribution in [0.25, 0.3) is 10.2 Å². The molecule has 108 valence electrons. The molecule has 3 rings (SSSR count). The summed E-state index contributed by atoms with van der Waals surface area (Å²) < 4.78 is 5.77. The highest BCUT2D eigenvalue weighted by atomic mass is 32.1. The maximum Gasteiger partial charge on any atom is 0.225 e. The molecule has 0 saturated carbocycles. The molecule has 3 heterocycles. The zero-order valence-corrected chi connectivity index (χ0v) is 12.9. The van der Waals surface area contributed by atoms with Gasteiger partial charge in [-0.1, -0.05) is 0 Å². The molecule has 1 aliphatic heterocycles. The minimum absolute atomic E-state index is 0.0669. The lowest BCUT2D eigenvalue weighted by Gasteiger charge is -2.36. The normalized spacial score (nSPS) is 21.9. The number of hydrogen-bond donors (Lipinski definition) is 2. The summed E-state index contributed by atoms with van der Waals surface area (Å²) in [7, 11) is 1.84. The summed E-state index contributed by atoms with van der Waals surface area (Å²) in [5.74, 6) is 1.58. The van der Waals surface area contributed by atoms with Crippen molar-refractivity contribution in [2.45, 2.75) is 38.3 Å². The summed E-state index contributed by atoms with van der Waals surface area (Å²) in [6, 6.07) is 2.47. The summed E-state index contributed by atoms with van der Waals surface area (Å²) in [4.78, 5) is 10.0. The molecule has 5 nitrogen and oxygen atoms in total. The van der Waals surface area contributed by atoms with Gasteiger partial charge in [-0.2, -0.15) is 4.98 Å². The Balaban J connectivity index is 1.88. The van der Waals surface area contributed by atoms with E-state index < -0.39 is 0 Å². The predicted octanol–water partition coefficient (Wildman–Crippen LogP) is 3.10. The van der Waals surface area contributed by atoms with Gasteiger partial charge in [-0.3, -0.25) is 0 Å². The van der Waals surface area contributed by atoms with Crippen LogP contribution in [-0.2, 0) is 4.74 Å². The Hall–Kier alpha value is -1.40. The molecular weight excluding hydrogens is 272 g/mol. The van der Waals surface area contributed by atoms with Gasteiger partial charge in [0.25, 0.3) is 0 Å². The van der Waals surface area contributed by atoms with Crippen LogP contribution in [0.3, 0.4) is 0 Å². The average molecular weight is 292 g/mol. The Bertz CT molecular complexity index is 610. The van der Waals surface area contributed by atoms with Gasteiger partial charge in [0.1, 0.15) is 10.6 Å². The van der Waals surface area contributed by atoms with Gasteiger partial charge in [-0.25, -0.2) is 4.98 Å². The van der Waals surface area contributed by atoms with Crippen molar-refractivity contribution in [3.63, 3.8) is 0 Å². The number of nitrogens with zero attached hydrogens (tertiary/aromatic N) is 2. The van der Waals surface area contributed by atoms with E-state index in [1.165, 1.54) is 0 Å². The highest BCUT2D eigenvalue weighted by Crippen LogP contribution is 2.30. The van der Waals surface area contributed by atoms with E-state index in [0.717, 1.165) is 35.5 Å². The van der Waals surface area contributed by atoms with Crippen molar-refractivity contribution in [2.24, 2.45) is 0 Å². The second-order valence-electron chi connectivity index (χ2n) is 5.73. The number of nitrogens with one attached hydrogen (secondary N) is 2. The van der Waals surface area contributed by atoms with Crippen LogP contribution in [0.4, 0.5) is 11.8 Å². The van der Waals surface area contributed by atoms with Gasteiger partial charge in [0.2, 0.25) is 5.95 Å². The van der Waals surface area contributed by atoms with Crippen LogP contribution in [0.1, 0.15) is 26.7 Å². The fourth-order valence-corrected chi connectivity index (χ4v) is 3.39. The number of aromatic nitrogens is 2. The molecule has 6 heteroatoms. The molecule has 1 unspecified atom stereocenters. The number of ether oxygens (including phenoxy) is 1. The van der Waals surface area contributed by atoms with Crippen LogP contribution in [-0.4, -0.2) is 35.3 Å². The molecule has 2 aromatic heterocycles. The van der Waals surface area contributed by atoms with Crippen molar-refractivity contribution < 1.29 is 4.74 Å². The van der Waals surface area contributed by atoms with Crippen LogP contribution < -0.4 is 10.6 Å². The van der Waals surface area contributed by atoms with Gasteiger partial charge >= 0.3 is 0 Å². The molecule has 20 heavy (non-hydrogen) atoms. The van der Waals surface area contributed by atoms with Gasteiger partial charge in [0.05, 0.1) is 11.0 Å². The maximum absolute atomic E-state index is 5.77. The Kier molecular flexibility index (Phi) is 3.52. The fourth-order valence-electron chi connectivity index (χ4n) is 2.63. The Morgan fingerprint density at radius 1 is 1.40 bits per heavy atom. The van der Waals surface area contributed by atoms with Gasteiger partial charge in [-0.15, -0.1) is 11.3 Å². The van der Waals surface area contributed by atoms with Crippen molar-refractivity contribution in [3.05, 3.63) is 11.4 Å². The lowest BCUT2D eigenvalue weighted by molar-refractivity contribution is -0.0553. The molecule has 1 aliphatic rings. The number of thiophene rings is 1. The molecule has 2 aromatic rings. The van der Waals surface area contributed by atoms with Crippen molar-refractivity contribution in [2.75, 3.05) is 24.3 Å². The van der Waals surface area contributed by atoms with Gasteiger partial charge in [-0.05, 0) is 38.1 Å². The molecule has 0 aromatic carbocycles. The van der Waals surface area contributed by atoms with Crippen molar-refractivity contribution in [3.8, 4) is 0 Å². The third-order valence-electron chi connectivity index (χ3n) is 3.59. The molecule has 0 bridgehead atoms. The quantitative estimate of drug-likeness (QED) is 0.910. The van der Waals surface area contributed by atoms with E-state index in [0.29, 0.717) is 12.0 Å². The monoisotopic (exact) mass is 292 g/mol. The standard InChI is InChI=1S/C14H20N4OS/c1-14(2)8-9(4-6-19-14)16-11-10-5-7-20-12(10)18-13(15-3)17-11/h5,7,9H,4,6,8H2,1-3H3,(H2,15,16,17,18). The van der Waals surface area contributed by atoms with E-state index in [1.54, 1.807) is 11.3 Å². The molecule has 2 N–H and O–H groups in total. The Morgan fingerprint density at radius 3 is 3.00 bits per heavy atom. The summed E-state index contributed by atoms with van der Waals surface area (Å²) in [6.45, 7) is 5.07. The van der Waals surface area contributed by atoms with Crippen molar-refractivity contribution in [1.82, 2.24) is 9.97 Å². The summed E-state index contributed by atoms with van der Waals surface area (Å²) in [6.07, 6.45) is 1.99. The smallest absolute Gasteiger partial charge is 0.225 e. The third-order valence-corrected chi connectivity index (χ3v) is 4.39. The summed E-state index contributed by atoms with van der Waals surface area (Å²) in [5, 5.41) is 9.75. The summed E-state index contributed by atoms with van der Waals surface area (Å²) >= 11 is 1.64. The van der Waals surface area contributed by atoms with E-state index >= 15 is 0 Å². The first-order valence-electron chi connectivity index (χ1n) is 6.91. The average Bonchev–Trinajstić information content (AvgIpc) is 2.85. The molecule has 0 aliphatic carbocycles. The largest absolute Gasteiger partial charge is 0.375 e. The Morgan fingerprint density at radius 2 is 2.25 bits per heavy atom. The van der Waals surface area contributed by atoms with E-state index in [2.05, 4.69) is 45.9 Å². The molecule has 0 radical (unpaired) electrons. The third kappa shape index (κ3) is 2.71. The lowest BCUT2D eigenvalue weighted by Crippen LogP contribution is -2.40. The van der Waals surface area contributed by atoms with Crippen molar-refractivity contribution in [1.29, 1.82) is 0 Å². The first-order chi connectivity index (χ1) is 9.57. The first-order valence-corrected chi connectivity index (χ1v) is 7.79. The van der Waals surface area contributed by atoms with Crippen LogP contribution in [0.5, 0.6) is 0 Å². The van der Waals surface area contributed by atoms with E-state index in [4.69, 9.17) is 4.74 Å². The zero-order valence-electron chi connectivity index (χ0n) is 12.1. The molecule has 0 spiro atoms. The highest BCUT2D eigenvalue weighted by molar-refractivity contribution is 7.16. The Labute approximate surface area is 122 Å². The van der Waals surface area contributed by atoms with Gasteiger partial charge < -0.3 is 15.4 Å². The van der Waals surface area contributed by atoms with Crippen LogP contribution in [0.2, 0.25) is 0 Å². The van der Waals surface area contributed by atoms with Crippen LogP contribution in [0, 0.1) is 0 Å². The first kappa shape index (κ1) is 13.6. The molecule has 1 atom stereocenters. The van der Waals surface area contributed by atoms with Crippen molar-refractivity contribution >= 4 is 33.3 Å². The van der Waals surface area contributed by atoms with Crippen LogP contribution in [0.15, 0.2) is 11.4 Å². The fraction of sp³-hybridized carbons (Fsp3) is 0.571. The second-order valence-corrected chi connectivity index (χ2v) is 6.62. The molecule has 0 amide bonds. The van der Waals surface area contributed by atoms with Gasteiger partial charge in [0.15, 0.2) is 0 Å². The van der Waals surface area contributed by atoms with Gasteiger partial charge in [0, 0.05) is 19.7 Å². The summed E-state index contributed by atoms with van der Waals surface area (Å²) in [5.41, 5.74) is -0.0669. The highest BCUT2D eigenvalue weighted by Gasteiger charge is 2.29. The number of anilines is 2. The second kappa shape index (κ2) is 5.18. The lowest BCUT2D eigenvalue weighted by atomic mass is 9.94. The predicted molar refractivity (Wildman–Crippen MR) is 83.6 cm³/mol. The number of rotatable bonds is 3. The zero-order chi connectivity index (χ0) is 14.2. The number of hydrogen-bond acceptors (Lipinski definition) is 6. The molecular formula is C14H20N4OS. The van der Waals surface area contributed by atoms with E-state index in [-0.39, 0.29) is 5.60 Å². The SMILES string of the molecule is CNc1nc(NC2CCOC(C)(C)C2)c2ccsc2n1.